The minimum Gasteiger partial charge on any atom is -0.489 e. The third-order valence-electron chi connectivity index (χ3n) is 4.42. The Hall–Kier alpha value is -3.60. The number of carbonyl (C=O) groups excluding carboxylic acids is 2. The minimum atomic E-state index is -0.624. The van der Waals surface area contributed by atoms with Crippen molar-refractivity contribution in [2.45, 2.75) is 26.1 Å². The second kappa shape index (κ2) is 10.1. The quantitative estimate of drug-likeness (QED) is 0.618. The molecule has 0 radical (unpaired) electrons. The van der Waals surface area contributed by atoms with Crippen LogP contribution in [0.1, 0.15) is 28.4 Å². The first kappa shape index (κ1) is 20.1. The van der Waals surface area contributed by atoms with Crippen LogP contribution in [0.25, 0.3) is 0 Å². The lowest BCUT2D eigenvalue weighted by atomic mass is 10.1. The molecule has 29 heavy (non-hydrogen) atoms. The Bertz CT molecular complexity index is 925. The molecule has 2 N–H and O–H groups in total. The van der Waals surface area contributed by atoms with E-state index in [2.05, 4.69) is 10.6 Å². The summed E-state index contributed by atoms with van der Waals surface area (Å²) in [5.74, 6) is 0.331. The van der Waals surface area contributed by atoms with E-state index in [1.165, 1.54) is 0 Å². The Balaban J connectivity index is 1.44. The summed E-state index contributed by atoms with van der Waals surface area (Å²) in [6, 6.07) is 25.7. The highest BCUT2D eigenvalue weighted by atomic mass is 16.5. The van der Waals surface area contributed by atoms with Crippen molar-refractivity contribution in [1.29, 1.82) is 0 Å². The molecule has 1 atom stereocenters. The first-order chi connectivity index (χ1) is 14.1. The van der Waals surface area contributed by atoms with E-state index in [9.17, 15) is 9.59 Å². The number of nitrogens with one attached hydrogen (secondary N) is 2. The molecule has 5 heteroatoms. The molecule has 0 aliphatic rings. The van der Waals surface area contributed by atoms with Crippen LogP contribution >= 0.6 is 0 Å². The second-order valence-electron chi connectivity index (χ2n) is 6.70. The molecule has 0 bridgehead atoms. The lowest BCUT2D eigenvalue weighted by molar-refractivity contribution is -0.122. The average Bonchev–Trinajstić information content (AvgIpc) is 2.78. The van der Waals surface area contributed by atoms with Gasteiger partial charge in [-0.2, -0.15) is 0 Å². The van der Waals surface area contributed by atoms with E-state index >= 15 is 0 Å². The van der Waals surface area contributed by atoms with Gasteiger partial charge in [-0.25, -0.2) is 0 Å². The molecule has 148 valence electrons. The van der Waals surface area contributed by atoms with E-state index in [0.29, 0.717) is 18.7 Å². The van der Waals surface area contributed by atoms with Crippen LogP contribution in [0, 0.1) is 0 Å². The first-order valence-electron chi connectivity index (χ1n) is 9.51. The molecule has 0 spiro atoms. The van der Waals surface area contributed by atoms with E-state index in [1.807, 2.05) is 60.7 Å². The van der Waals surface area contributed by atoms with Gasteiger partial charge in [0.25, 0.3) is 5.91 Å². The summed E-state index contributed by atoms with van der Waals surface area (Å²) in [5.41, 5.74) is 2.55. The maximum atomic E-state index is 12.3. The standard InChI is InChI=1S/C24H24N2O3/c1-18(26-24(28)21-8-4-2-5-9-21)23(27)25-16-19-12-14-20(15-13-19)17-29-22-10-6-3-7-11-22/h2-15,18H,16-17H2,1H3,(H,25,27)(H,26,28)/t18-/m1/s1. The van der Waals surface area contributed by atoms with Gasteiger partial charge in [0.15, 0.2) is 0 Å². The number of amides is 2. The summed E-state index contributed by atoms with van der Waals surface area (Å²) in [7, 11) is 0. The minimum absolute atomic E-state index is 0.231. The Morgan fingerprint density at radius 1 is 0.828 bits per heavy atom. The average molecular weight is 388 g/mol. The topological polar surface area (TPSA) is 67.4 Å². The maximum absolute atomic E-state index is 12.3. The fraction of sp³-hybridized carbons (Fsp3) is 0.167. The number of ether oxygens (including phenoxy) is 1. The molecule has 3 aromatic carbocycles. The monoisotopic (exact) mass is 388 g/mol. The van der Waals surface area contributed by atoms with Crippen molar-refractivity contribution in [1.82, 2.24) is 10.6 Å². The molecule has 5 nitrogen and oxygen atoms in total. The summed E-state index contributed by atoms with van der Waals surface area (Å²) in [4.78, 5) is 24.4. The van der Waals surface area contributed by atoms with Crippen LogP contribution in [0.5, 0.6) is 5.75 Å². The third-order valence-corrected chi connectivity index (χ3v) is 4.42. The van der Waals surface area contributed by atoms with Gasteiger partial charge < -0.3 is 15.4 Å². The van der Waals surface area contributed by atoms with Crippen LogP contribution in [-0.2, 0) is 17.9 Å². The highest BCUT2D eigenvalue weighted by molar-refractivity contribution is 5.97. The van der Waals surface area contributed by atoms with Crippen molar-refractivity contribution in [2.24, 2.45) is 0 Å². The zero-order valence-corrected chi connectivity index (χ0v) is 16.3. The van der Waals surface area contributed by atoms with Gasteiger partial charge in [-0.15, -0.1) is 0 Å². The van der Waals surface area contributed by atoms with Crippen LogP contribution in [0.4, 0.5) is 0 Å². The van der Waals surface area contributed by atoms with E-state index < -0.39 is 6.04 Å². The number of rotatable bonds is 8. The molecule has 3 rings (SSSR count). The molecule has 0 aliphatic heterocycles. The van der Waals surface area contributed by atoms with Crippen molar-refractivity contribution >= 4 is 11.8 Å². The van der Waals surface area contributed by atoms with Gasteiger partial charge in [-0.1, -0.05) is 60.7 Å². The SMILES string of the molecule is C[C@@H](NC(=O)c1ccccc1)C(=O)NCc1ccc(COc2ccccc2)cc1. The molecule has 0 saturated carbocycles. The fourth-order valence-corrected chi connectivity index (χ4v) is 2.71. The van der Waals surface area contributed by atoms with Gasteiger partial charge in [0, 0.05) is 12.1 Å². The molecule has 0 unspecified atom stereocenters. The Labute approximate surface area is 170 Å². The van der Waals surface area contributed by atoms with Gasteiger partial charge >= 0.3 is 0 Å². The van der Waals surface area contributed by atoms with E-state index in [4.69, 9.17) is 4.74 Å². The molecule has 0 heterocycles. The third kappa shape index (κ3) is 6.21. The largest absolute Gasteiger partial charge is 0.489 e. The van der Waals surface area contributed by atoms with Crippen LogP contribution in [0.2, 0.25) is 0 Å². The maximum Gasteiger partial charge on any atom is 0.251 e. The van der Waals surface area contributed by atoms with Crippen LogP contribution in [-0.4, -0.2) is 17.9 Å². The van der Waals surface area contributed by atoms with Crippen LogP contribution in [0.15, 0.2) is 84.9 Å². The second-order valence-corrected chi connectivity index (χ2v) is 6.70. The van der Waals surface area contributed by atoms with Gasteiger partial charge in [-0.05, 0) is 42.3 Å². The zero-order chi connectivity index (χ0) is 20.5. The van der Waals surface area contributed by atoms with E-state index in [-0.39, 0.29) is 11.8 Å². The van der Waals surface area contributed by atoms with Gasteiger partial charge in [-0.3, -0.25) is 9.59 Å². The Morgan fingerprint density at radius 2 is 1.41 bits per heavy atom. The summed E-state index contributed by atoms with van der Waals surface area (Å²) < 4.78 is 5.73. The lowest BCUT2D eigenvalue weighted by Gasteiger charge is -2.14. The predicted octanol–water partition coefficient (Wildman–Crippen LogP) is 3.70. The molecule has 0 aliphatic carbocycles. The zero-order valence-electron chi connectivity index (χ0n) is 16.3. The molecule has 3 aromatic rings. The van der Waals surface area contributed by atoms with Gasteiger partial charge in [0.2, 0.25) is 5.91 Å². The highest BCUT2D eigenvalue weighted by Gasteiger charge is 2.16. The van der Waals surface area contributed by atoms with Crippen molar-refractivity contribution in [3.63, 3.8) is 0 Å². The summed E-state index contributed by atoms with van der Waals surface area (Å²) in [6.07, 6.45) is 0. The molecule has 2 amide bonds. The molecular weight excluding hydrogens is 364 g/mol. The van der Waals surface area contributed by atoms with Crippen LogP contribution in [0.3, 0.4) is 0 Å². The number of hydrogen-bond donors (Lipinski definition) is 2. The lowest BCUT2D eigenvalue weighted by Crippen LogP contribution is -2.44. The van der Waals surface area contributed by atoms with Crippen LogP contribution < -0.4 is 15.4 Å². The normalized spacial score (nSPS) is 11.3. The molecular formula is C24H24N2O3. The predicted molar refractivity (Wildman–Crippen MR) is 112 cm³/mol. The molecule has 0 aromatic heterocycles. The van der Waals surface area contributed by atoms with Crippen molar-refractivity contribution in [3.05, 3.63) is 102 Å². The smallest absolute Gasteiger partial charge is 0.251 e. The van der Waals surface area contributed by atoms with Crippen molar-refractivity contribution in [3.8, 4) is 5.75 Å². The van der Waals surface area contributed by atoms with Crippen molar-refractivity contribution in [2.75, 3.05) is 0 Å². The fourth-order valence-electron chi connectivity index (χ4n) is 2.71. The van der Waals surface area contributed by atoms with Gasteiger partial charge in [0.05, 0.1) is 0 Å². The Kier molecular flexibility index (Phi) is 7.00. The summed E-state index contributed by atoms with van der Waals surface area (Å²) in [6.45, 7) is 2.55. The van der Waals surface area contributed by atoms with E-state index in [1.54, 1.807) is 31.2 Å². The number of benzene rings is 3. The number of carbonyl (C=O) groups is 2. The highest BCUT2D eigenvalue weighted by Crippen LogP contribution is 2.12. The van der Waals surface area contributed by atoms with E-state index in [0.717, 1.165) is 16.9 Å². The molecule has 0 saturated heterocycles. The number of hydrogen-bond acceptors (Lipinski definition) is 3. The van der Waals surface area contributed by atoms with Crippen molar-refractivity contribution < 1.29 is 14.3 Å². The first-order valence-corrected chi connectivity index (χ1v) is 9.51. The Morgan fingerprint density at radius 3 is 2.07 bits per heavy atom. The summed E-state index contributed by atoms with van der Waals surface area (Å²) in [5, 5.41) is 5.55. The summed E-state index contributed by atoms with van der Waals surface area (Å²) >= 11 is 0. The van der Waals surface area contributed by atoms with Gasteiger partial charge in [0.1, 0.15) is 18.4 Å². The molecule has 0 fully saturated rings. The number of para-hydroxylation sites is 1.